The summed E-state index contributed by atoms with van der Waals surface area (Å²) in [5.41, 5.74) is 0.576. The van der Waals surface area contributed by atoms with Gasteiger partial charge in [-0.2, -0.15) is 0 Å². The van der Waals surface area contributed by atoms with Crippen LogP contribution in [0.3, 0.4) is 0 Å². The molecule has 5 heteroatoms. The Morgan fingerprint density at radius 2 is 2.00 bits per heavy atom. The minimum absolute atomic E-state index is 0.197. The Kier molecular flexibility index (Phi) is 2.90. The van der Waals surface area contributed by atoms with Crippen LogP contribution in [-0.4, -0.2) is 15.5 Å². The van der Waals surface area contributed by atoms with Gasteiger partial charge in [-0.05, 0) is 6.07 Å². The number of sulfonamides is 1. The number of hydrogen-bond donors (Lipinski definition) is 1. The van der Waals surface area contributed by atoms with Gasteiger partial charge in [-0.15, -0.1) is 0 Å². The van der Waals surface area contributed by atoms with Gasteiger partial charge in [0.15, 0.2) is 0 Å². The number of rotatable bonds is 3. The Balaban J connectivity index is 3.01. The number of benzene rings is 1. The number of primary sulfonamides is 1. The summed E-state index contributed by atoms with van der Waals surface area (Å²) in [6.45, 7) is 0. The van der Waals surface area contributed by atoms with Crippen molar-refractivity contribution in [1.82, 2.24) is 0 Å². The quantitative estimate of drug-likeness (QED) is 0.773. The van der Waals surface area contributed by atoms with Gasteiger partial charge < -0.3 is 4.74 Å². The van der Waals surface area contributed by atoms with Crippen LogP contribution in [0.15, 0.2) is 24.3 Å². The average molecular weight is 201 g/mol. The van der Waals surface area contributed by atoms with Crippen LogP contribution < -0.4 is 9.88 Å². The van der Waals surface area contributed by atoms with Crippen LogP contribution in [0.5, 0.6) is 5.75 Å². The molecule has 2 N–H and O–H groups in total. The molecule has 72 valence electrons. The molecule has 0 aromatic heterocycles. The van der Waals surface area contributed by atoms with Crippen molar-refractivity contribution in [1.29, 1.82) is 0 Å². The first-order valence-electron chi connectivity index (χ1n) is 3.65. The van der Waals surface area contributed by atoms with Crippen molar-refractivity contribution in [2.75, 3.05) is 7.11 Å². The van der Waals surface area contributed by atoms with Gasteiger partial charge in [0.05, 0.1) is 12.9 Å². The normalized spacial score (nSPS) is 11.2. The van der Waals surface area contributed by atoms with Gasteiger partial charge in [-0.25, -0.2) is 13.6 Å². The van der Waals surface area contributed by atoms with Crippen LogP contribution in [0.2, 0.25) is 0 Å². The van der Waals surface area contributed by atoms with Crippen molar-refractivity contribution < 1.29 is 13.2 Å². The first kappa shape index (κ1) is 10.0. The van der Waals surface area contributed by atoms with E-state index in [4.69, 9.17) is 9.88 Å². The second-order valence-corrected chi connectivity index (χ2v) is 4.23. The molecule has 0 amide bonds. The Morgan fingerprint density at radius 1 is 1.38 bits per heavy atom. The van der Waals surface area contributed by atoms with Gasteiger partial charge in [-0.3, -0.25) is 0 Å². The van der Waals surface area contributed by atoms with Crippen molar-refractivity contribution >= 4 is 10.0 Å². The molecule has 0 saturated heterocycles. The molecule has 0 heterocycles. The smallest absolute Gasteiger partial charge is 0.213 e. The zero-order chi connectivity index (χ0) is 9.90. The average Bonchev–Trinajstić information content (AvgIpc) is 2.02. The first-order valence-corrected chi connectivity index (χ1v) is 5.37. The van der Waals surface area contributed by atoms with Gasteiger partial charge in [-0.1, -0.05) is 18.2 Å². The minimum atomic E-state index is -3.49. The SMILES string of the molecule is COc1ccccc1CS(N)(=O)=O. The molecular weight excluding hydrogens is 190 g/mol. The highest BCUT2D eigenvalue weighted by Crippen LogP contribution is 2.18. The summed E-state index contributed by atoms with van der Waals surface area (Å²) in [5.74, 6) is 0.341. The lowest BCUT2D eigenvalue weighted by molar-refractivity contribution is 0.411. The number of hydrogen-bond acceptors (Lipinski definition) is 3. The highest BCUT2D eigenvalue weighted by molar-refractivity contribution is 7.88. The van der Waals surface area contributed by atoms with E-state index in [0.717, 1.165) is 0 Å². The fourth-order valence-electron chi connectivity index (χ4n) is 1.04. The van der Waals surface area contributed by atoms with E-state index >= 15 is 0 Å². The van der Waals surface area contributed by atoms with E-state index in [1.165, 1.54) is 7.11 Å². The molecule has 0 aliphatic carbocycles. The van der Waals surface area contributed by atoms with Crippen LogP contribution in [-0.2, 0) is 15.8 Å². The van der Waals surface area contributed by atoms with E-state index in [-0.39, 0.29) is 5.75 Å². The fraction of sp³-hybridized carbons (Fsp3) is 0.250. The number of ether oxygens (including phenoxy) is 1. The Labute approximate surface area is 77.4 Å². The monoisotopic (exact) mass is 201 g/mol. The summed E-state index contributed by atoms with van der Waals surface area (Å²) >= 11 is 0. The van der Waals surface area contributed by atoms with Crippen molar-refractivity contribution in [2.45, 2.75) is 5.75 Å². The van der Waals surface area contributed by atoms with Crippen molar-refractivity contribution in [3.8, 4) is 5.75 Å². The lowest BCUT2D eigenvalue weighted by Crippen LogP contribution is -2.14. The van der Waals surface area contributed by atoms with Crippen LogP contribution in [0.1, 0.15) is 5.56 Å². The van der Waals surface area contributed by atoms with E-state index in [9.17, 15) is 8.42 Å². The zero-order valence-electron chi connectivity index (χ0n) is 7.23. The fourth-order valence-corrected chi connectivity index (χ4v) is 1.71. The summed E-state index contributed by atoms with van der Waals surface area (Å²) in [6, 6.07) is 6.87. The van der Waals surface area contributed by atoms with Gasteiger partial charge in [0.25, 0.3) is 0 Å². The lowest BCUT2D eigenvalue weighted by Gasteiger charge is -2.05. The lowest BCUT2D eigenvalue weighted by atomic mass is 10.2. The molecule has 1 aromatic carbocycles. The molecule has 1 rings (SSSR count). The molecule has 13 heavy (non-hydrogen) atoms. The van der Waals surface area contributed by atoms with Crippen molar-refractivity contribution in [2.24, 2.45) is 5.14 Å². The maximum Gasteiger partial charge on any atom is 0.213 e. The molecule has 0 spiro atoms. The number of methoxy groups -OCH3 is 1. The minimum Gasteiger partial charge on any atom is -0.496 e. The van der Waals surface area contributed by atoms with Gasteiger partial charge in [0.2, 0.25) is 10.0 Å². The van der Waals surface area contributed by atoms with E-state index in [2.05, 4.69) is 0 Å². The van der Waals surface area contributed by atoms with E-state index in [1.54, 1.807) is 24.3 Å². The molecule has 0 aliphatic heterocycles. The first-order chi connectivity index (χ1) is 6.03. The highest BCUT2D eigenvalue weighted by Gasteiger charge is 2.08. The molecule has 4 nitrogen and oxygen atoms in total. The standard InChI is InChI=1S/C8H11NO3S/c1-12-8-5-3-2-4-7(8)6-13(9,10)11/h2-5H,6H2,1H3,(H2,9,10,11). The van der Waals surface area contributed by atoms with Crippen molar-refractivity contribution in [3.63, 3.8) is 0 Å². The molecule has 0 saturated carbocycles. The van der Waals surface area contributed by atoms with Crippen LogP contribution in [0.4, 0.5) is 0 Å². The number of para-hydroxylation sites is 1. The van der Waals surface area contributed by atoms with Gasteiger partial charge in [0.1, 0.15) is 5.75 Å². The molecule has 0 atom stereocenters. The summed E-state index contributed by atoms with van der Waals surface area (Å²) in [7, 11) is -2.00. The van der Waals surface area contributed by atoms with Crippen LogP contribution >= 0.6 is 0 Å². The predicted octanol–water partition coefficient (Wildman–Crippen LogP) is 0.484. The molecule has 0 bridgehead atoms. The second kappa shape index (κ2) is 3.76. The summed E-state index contributed by atoms with van der Waals surface area (Å²) in [6.07, 6.45) is 0. The summed E-state index contributed by atoms with van der Waals surface area (Å²) in [4.78, 5) is 0. The Hall–Kier alpha value is -1.07. The molecular formula is C8H11NO3S. The van der Waals surface area contributed by atoms with Gasteiger partial charge >= 0.3 is 0 Å². The third-order valence-corrected chi connectivity index (χ3v) is 2.26. The van der Waals surface area contributed by atoms with E-state index < -0.39 is 10.0 Å². The zero-order valence-corrected chi connectivity index (χ0v) is 8.04. The predicted molar refractivity (Wildman–Crippen MR) is 49.8 cm³/mol. The summed E-state index contributed by atoms with van der Waals surface area (Å²) < 4.78 is 26.6. The van der Waals surface area contributed by atoms with Gasteiger partial charge in [0, 0.05) is 5.56 Å². The van der Waals surface area contributed by atoms with Crippen molar-refractivity contribution in [3.05, 3.63) is 29.8 Å². The second-order valence-electron chi connectivity index (χ2n) is 2.62. The third-order valence-electron chi connectivity index (χ3n) is 1.55. The highest BCUT2D eigenvalue weighted by atomic mass is 32.2. The third kappa shape index (κ3) is 3.04. The maximum atomic E-state index is 10.8. The number of nitrogens with two attached hydrogens (primary N) is 1. The molecule has 0 fully saturated rings. The Bertz CT molecular complexity index is 386. The molecule has 1 aromatic rings. The molecule has 0 unspecified atom stereocenters. The van der Waals surface area contributed by atoms with Crippen LogP contribution in [0.25, 0.3) is 0 Å². The van der Waals surface area contributed by atoms with E-state index in [1.807, 2.05) is 0 Å². The van der Waals surface area contributed by atoms with E-state index in [0.29, 0.717) is 11.3 Å². The largest absolute Gasteiger partial charge is 0.496 e. The maximum absolute atomic E-state index is 10.8. The van der Waals surface area contributed by atoms with Crippen LogP contribution in [0, 0.1) is 0 Å². The Morgan fingerprint density at radius 3 is 2.54 bits per heavy atom. The molecule has 0 radical (unpaired) electrons. The topological polar surface area (TPSA) is 69.4 Å². The molecule has 0 aliphatic rings. The summed E-state index contributed by atoms with van der Waals surface area (Å²) in [5, 5.41) is 4.91.